The van der Waals surface area contributed by atoms with E-state index >= 15 is 0 Å². The second-order valence-corrected chi connectivity index (χ2v) is 6.42. The number of fused-ring (bicyclic) bond motifs is 1. The van der Waals surface area contributed by atoms with E-state index in [1.54, 1.807) is 6.20 Å². The molecular formula is C14H20N4OS. The average molecular weight is 292 g/mol. The van der Waals surface area contributed by atoms with Crippen LogP contribution in [0, 0.1) is 5.92 Å². The summed E-state index contributed by atoms with van der Waals surface area (Å²) in [7, 11) is 0. The first kappa shape index (κ1) is 13.5. The van der Waals surface area contributed by atoms with Crippen LogP contribution >= 0.6 is 11.3 Å². The molecule has 108 valence electrons. The Bertz CT molecular complexity index is 635. The van der Waals surface area contributed by atoms with Crippen molar-refractivity contribution >= 4 is 21.4 Å². The molecule has 1 fully saturated rings. The van der Waals surface area contributed by atoms with Gasteiger partial charge >= 0.3 is 0 Å². The second-order valence-electron chi connectivity index (χ2n) is 5.47. The molecule has 5 nitrogen and oxygen atoms in total. The van der Waals surface area contributed by atoms with E-state index in [1.807, 2.05) is 0 Å². The zero-order valence-corrected chi connectivity index (χ0v) is 12.5. The van der Waals surface area contributed by atoms with Gasteiger partial charge in [-0.15, -0.1) is 5.10 Å². The molecule has 20 heavy (non-hydrogen) atoms. The summed E-state index contributed by atoms with van der Waals surface area (Å²) in [6.07, 6.45) is 9.17. The van der Waals surface area contributed by atoms with Crippen molar-refractivity contribution in [2.75, 3.05) is 5.32 Å². The molecule has 2 aromatic rings. The van der Waals surface area contributed by atoms with Crippen LogP contribution in [-0.2, 0) is 0 Å². The van der Waals surface area contributed by atoms with Crippen molar-refractivity contribution in [3.05, 3.63) is 22.6 Å². The molecule has 6 heteroatoms. The molecule has 2 atom stereocenters. The highest BCUT2D eigenvalue weighted by Crippen LogP contribution is 2.32. The Morgan fingerprint density at radius 3 is 3.20 bits per heavy atom. The Balaban J connectivity index is 1.75. The van der Waals surface area contributed by atoms with Crippen molar-refractivity contribution in [1.29, 1.82) is 0 Å². The summed E-state index contributed by atoms with van der Waals surface area (Å²) in [5.74, 6) is 0.742. The van der Waals surface area contributed by atoms with E-state index in [4.69, 9.17) is 0 Å². The van der Waals surface area contributed by atoms with Gasteiger partial charge in [-0.25, -0.2) is 4.98 Å². The van der Waals surface area contributed by atoms with Gasteiger partial charge in [-0.1, -0.05) is 37.5 Å². The van der Waals surface area contributed by atoms with Gasteiger partial charge in [0.05, 0.1) is 0 Å². The van der Waals surface area contributed by atoms with Gasteiger partial charge in [0.1, 0.15) is 0 Å². The number of rotatable bonds is 5. The topological polar surface area (TPSA) is 59.3 Å². The average Bonchev–Trinajstić information content (AvgIpc) is 3.04. The van der Waals surface area contributed by atoms with Crippen LogP contribution in [-0.4, -0.2) is 20.6 Å². The van der Waals surface area contributed by atoms with Gasteiger partial charge in [-0.2, -0.15) is 4.52 Å². The van der Waals surface area contributed by atoms with E-state index in [0.717, 1.165) is 11.0 Å². The van der Waals surface area contributed by atoms with Crippen LogP contribution in [0.5, 0.6) is 0 Å². The minimum Gasteiger partial charge on any atom is -0.357 e. The summed E-state index contributed by atoms with van der Waals surface area (Å²) in [6, 6.07) is 1.94. The third-order valence-corrected chi connectivity index (χ3v) is 4.92. The molecule has 0 aromatic carbocycles. The smallest absolute Gasteiger partial charge is 0.275 e. The summed E-state index contributed by atoms with van der Waals surface area (Å²) >= 11 is 1.45. The SMILES string of the molecule is CCCC[C@@H]1CCC[C@@H]1Nc1nn2c(=O)ccnc2s1. The van der Waals surface area contributed by atoms with Gasteiger partial charge in [0, 0.05) is 18.3 Å². The molecule has 2 heterocycles. The zero-order valence-electron chi connectivity index (χ0n) is 11.7. The lowest BCUT2D eigenvalue weighted by Gasteiger charge is -2.19. The predicted octanol–water partition coefficient (Wildman–Crippen LogP) is 2.92. The monoisotopic (exact) mass is 292 g/mol. The maximum atomic E-state index is 11.7. The lowest BCUT2D eigenvalue weighted by Crippen LogP contribution is -2.24. The van der Waals surface area contributed by atoms with Crippen LogP contribution in [0.4, 0.5) is 5.13 Å². The Labute approximate surface area is 122 Å². The molecule has 2 aromatic heterocycles. The maximum Gasteiger partial charge on any atom is 0.275 e. The van der Waals surface area contributed by atoms with E-state index in [-0.39, 0.29) is 5.56 Å². The highest BCUT2D eigenvalue weighted by atomic mass is 32.1. The summed E-state index contributed by atoms with van der Waals surface area (Å²) in [6.45, 7) is 2.24. The predicted molar refractivity (Wildman–Crippen MR) is 81.4 cm³/mol. The molecule has 1 saturated carbocycles. The Hall–Kier alpha value is -1.43. The number of hydrogen-bond donors (Lipinski definition) is 1. The lowest BCUT2D eigenvalue weighted by atomic mass is 9.97. The van der Waals surface area contributed by atoms with Crippen LogP contribution < -0.4 is 10.9 Å². The second kappa shape index (κ2) is 5.91. The quantitative estimate of drug-likeness (QED) is 0.920. The summed E-state index contributed by atoms with van der Waals surface area (Å²) in [5.41, 5.74) is -0.117. The molecule has 3 rings (SSSR count). The van der Waals surface area contributed by atoms with Crippen LogP contribution in [0.15, 0.2) is 17.1 Å². The molecule has 0 radical (unpaired) electrons. The van der Waals surface area contributed by atoms with Gasteiger partial charge in [0.25, 0.3) is 5.56 Å². The standard InChI is InChI=1S/C14H20N4OS/c1-2-3-5-10-6-4-7-11(10)16-13-17-18-12(19)8-9-15-14(18)20-13/h8-11H,2-7H2,1H3,(H,16,17)/t10-,11+/m1/s1. The van der Waals surface area contributed by atoms with Gasteiger partial charge in [0.2, 0.25) is 10.1 Å². The van der Waals surface area contributed by atoms with Crippen LogP contribution in [0.2, 0.25) is 0 Å². The van der Waals surface area contributed by atoms with Crippen molar-refractivity contribution < 1.29 is 0 Å². The van der Waals surface area contributed by atoms with Gasteiger partial charge < -0.3 is 5.32 Å². The molecule has 0 aliphatic heterocycles. The van der Waals surface area contributed by atoms with Crippen molar-refractivity contribution in [2.24, 2.45) is 5.92 Å². The van der Waals surface area contributed by atoms with Gasteiger partial charge in [-0.3, -0.25) is 4.79 Å². The number of nitrogens with zero attached hydrogens (tertiary/aromatic N) is 3. The summed E-state index contributed by atoms with van der Waals surface area (Å²) in [4.78, 5) is 16.5. The fraction of sp³-hybridized carbons (Fsp3) is 0.643. The number of hydrogen-bond acceptors (Lipinski definition) is 5. The molecule has 0 unspecified atom stereocenters. The minimum absolute atomic E-state index is 0.117. The van der Waals surface area contributed by atoms with E-state index in [0.29, 0.717) is 11.0 Å². The molecule has 0 saturated heterocycles. The molecule has 1 aliphatic rings. The largest absolute Gasteiger partial charge is 0.357 e. The van der Waals surface area contributed by atoms with Crippen molar-refractivity contribution in [1.82, 2.24) is 14.6 Å². The first-order chi connectivity index (χ1) is 9.78. The van der Waals surface area contributed by atoms with Crippen molar-refractivity contribution in [3.8, 4) is 0 Å². The third-order valence-electron chi connectivity index (χ3n) is 4.07. The number of aromatic nitrogens is 3. The normalized spacial score (nSPS) is 22.4. The highest BCUT2D eigenvalue weighted by Gasteiger charge is 2.27. The third kappa shape index (κ3) is 2.70. The number of unbranched alkanes of at least 4 members (excludes halogenated alkanes) is 1. The molecule has 0 spiro atoms. The minimum atomic E-state index is -0.117. The van der Waals surface area contributed by atoms with Gasteiger partial charge in [0.15, 0.2) is 0 Å². The fourth-order valence-corrected chi connectivity index (χ4v) is 3.84. The van der Waals surface area contributed by atoms with Crippen molar-refractivity contribution in [3.63, 3.8) is 0 Å². The first-order valence-corrected chi connectivity index (χ1v) is 8.21. The van der Waals surface area contributed by atoms with E-state index in [2.05, 4.69) is 22.3 Å². The summed E-state index contributed by atoms with van der Waals surface area (Å²) in [5, 5.41) is 8.68. The molecular weight excluding hydrogens is 272 g/mol. The Morgan fingerprint density at radius 1 is 1.50 bits per heavy atom. The Morgan fingerprint density at radius 2 is 2.40 bits per heavy atom. The van der Waals surface area contributed by atoms with E-state index in [9.17, 15) is 4.79 Å². The number of anilines is 1. The fourth-order valence-electron chi connectivity index (χ4n) is 3.00. The van der Waals surface area contributed by atoms with Gasteiger partial charge in [-0.05, 0) is 25.2 Å². The van der Waals surface area contributed by atoms with Crippen LogP contribution in [0.3, 0.4) is 0 Å². The Kier molecular flexibility index (Phi) is 4.00. The molecule has 1 aliphatic carbocycles. The van der Waals surface area contributed by atoms with Crippen molar-refractivity contribution in [2.45, 2.75) is 51.5 Å². The summed E-state index contributed by atoms with van der Waals surface area (Å²) < 4.78 is 1.38. The van der Waals surface area contributed by atoms with E-state index < -0.39 is 0 Å². The molecule has 1 N–H and O–H groups in total. The lowest BCUT2D eigenvalue weighted by molar-refractivity contribution is 0.448. The zero-order chi connectivity index (χ0) is 13.9. The van der Waals surface area contributed by atoms with Crippen LogP contribution in [0.25, 0.3) is 4.96 Å². The number of nitrogens with one attached hydrogen (secondary N) is 1. The maximum absolute atomic E-state index is 11.7. The highest BCUT2D eigenvalue weighted by molar-refractivity contribution is 7.20. The molecule has 0 amide bonds. The first-order valence-electron chi connectivity index (χ1n) is 7.39. The van der Waals surface area contributed by atoms with E-state index in [1.165, 1.54) is 60.4 Å². The van der Waals surface area contributed by atoms with Crippen LogP contribution in [0.1, 0.15) is 45.4 Å². The molecule has 0 bridgehead atoms.